The molecule has 0 atom stereocenters. The molecule has 3 rings (SSSR count). The summed E-state index contributed by atoms with van der Waals surface area (Å²) >= 11 is 0. The summed E-state index contributed by atoms with van der Waals surface area (Å²) in [5.41, 5.74) is 0.292. The third-order valence-electron chi connectivity index (χ3n) is 5.86. The number of halogens is 7. The highest BCUT2D eigenvalue weighted by Crippen LogP contribution is 2.40. The first-order chi connectivity index (χ1) is 19.3. The summed E-state index contributed by atoms with van der Waals surface area (Å²) in [6, 6.07) is 14.8. The number of alkyl halides is 7. The fourth-order valence-electron chi connectivity index (χ4n) is 3.72. The summed E-state index contributed by atoms with van der Waals surface area (Å²) in [4.78, 5) is 12.6. The molecule has 0 spiro atoms. The monoisotopic (exact) mass is 590 g/mol. The van der Waals surface area contributed by atoms with E-state index in [1.54, 1.807) is 24.3 Å². The highest BCUT2D eigenvalue weighted by Gasteiger charge is 2.64. The molecule has 41 heavy (non-hydrogen) atoms. The maximum absolute atomic E-state index is 13.5. The van der Waals surface area contributed by atoms with Crippen molar-refractivity contribution in [3.63, 3.8) is 0 Å². The zero-order valence-electron chi connectivity index (χ0n) is 22.1. The largest absolute Gasteiger partial charge is 0.494 e. The molecule has 0 saturated heterocycles. The van der Waals surface area contributed by atoms with E-state index in [1.807, 2.05) is 0 Å². The Morgan fingerprint density at radius 2 is 1.24 bits per heavy atom. The number of hydrogen-bond acceptors (Lipinski definition) is 5. The predicted molar refractivity (Wildman–Crippen MR) is 137 cm³/mol. The lowest BCUT2D eigenvalue weighted by atomic mass is 10.1. The van der Waals surface area contributed by atoms with Crippen LogP contribution in [0.2, 0.25) is 0 Å². The highest BCUT2D eigenvalue weighted by molar-refractivity contribution is 5.92. The Labute approximate surface area is 232 Å². The number of benzene rings is 3. The lowest BCUT2D eigenvalue weighted by Gasteiger charge is -2.25. The average molecular weight is 591 g/mol. The number of carbonyl (C=O) groups excluding carboxylic acids is 1. The summed E-state index contributed by atoms with van der Waals surface area (Å²) in [7, 11) is 0. The van der Waals surface area contributed by atoms with Gasteiger partial charge in [0.05, 0.1) is 12.2 Å². The minimum atomic E-state index is -6.31. The molecule has 224 valence electrons. The smallest absolute Gasteiger partial charge is 0.483 e. The third-order valence-corrected chi connectivity index (χ3v) is 5.86. The van der Waals surface area contributed by atoms with Gasteiger partial charge in [0.25, 0.3) is 0 Å². The van der Waals surface area contributed by atoms with Crippen LogP contribution in [0, 0.1) is 0 Å². The zero-order valence-corrected chi connectivity index (χ0v) is 22.1. The molecule has 0 N–H and O–H groups in total. The van der Waals surface area contributed by atoms with Crippen LogP contribution in [-0.4, -0.2) is 37.6 Å². The van der Waals surface area contributed by atoms with Gasteiger partial charge in [-0.15, -0.1) is 0 Å². The van der Waals surface area contributed by atoms with E-state index in [0.29, 0.717) is 28.7 Å². The molecule has 3 aromatic carbocycles. The molecule has 0 radical (unpaired) electrons. The van der Waals surface area contributed by atoms with Crippen molar-refractivity contribution in [3.05, 3.63) is 66.2 Å². The van der Waals surface area contributed by atoms with Crippen molar-refractivity contribution in [3.8, 4) is 17.2 Å². The van der Waals surface area contributed by atoms with Crippen molar-refractivity contribution >= 4 is 16.7 Å². The molecule has 5 nitrogen and oxygen atoms in total. The first-order valence-electron chi connectivity index (χ1n) is 12.9. The van der Waals surface area contributed by atoms with Crippen LogP contribution in [-0.2, 0) is 4.74 Å². The van der Waals surface area contributed by atoms with Gasteiger partial charge in [-0.05, 0) is 65.7 Å². The van der Waals surface area contributed by atoms with Crippen LogP contribution >= 0.6 is 0 Å². The SMILES string of the molecule is CCCCCCCCOc1ccc(C(=O)Oc2ccc3cc(OCC(F)(F)OC(F)(F)C(F)(F)F)ccc3c2)cc1. The standard InChI is InChI=1S/C29H29F7O5/c1-2-3-4-5-6-7-16-38-23-12-8-20(9-13-23)26(37)40-25-15-11-21-17-24(14-10-22(21)18-25)39-19-27(30,31)41-29(35,36)28(32,33)34/h8-15,17-18H,2-7,16,19H2,1H3. The lowest BCUT2D eigenvalue weighted by Crippen LogP contribution is -2.46. The van der Waals surface area contributed by atoms with Gasteiger partial charge in [0.1, 0.15) is 17.2 Å². The molecule has 0 aliphatic rings. The molecule has 0 amide bonds. The maximum Gasteiger partial charge on any atom is 0.483 e. The van der Waals surface area contributed by atoms with E-state index in [9.17, 15) is 35.5 Å². The molecule has 0 aliphatic carbocycles. The Morgan fingerprint density at radius 3 is 1.88 bits per heavy atom. The summed E-state index contributed by atoms with van der Waals surface area (Å²) < 4.78 is 107. The molecule has 3 aromatic rings. The second-order valence-electron chi connectivity index (χ2n) is 9.24. The Bertz CT molecular complexity index is 1280. The van der Waals surface area contributed by atoms with Gasteiger partial charge in [0, 0.05) is 0 Å². The minimum Gasteiger partial charge on any atom is -0.494 e. The molecular formula is C29H29F7O5. The molecule has 0 bridgehead atoms. The second-order valence-corrected chi connectivity index (χ2v) is 9.24. The van der Waals surface area contributed by atoms with Crippen LogP contribution in [0.15, 0.2) is 60.7 Å². The predicted octanol–water partition coefficient (Wildman–Crippen LogP) is 8.94. The van der Waals surface area contributed by atoms with Crippen molar-refractivity contribution in [2.45, 2.75) is 63.8 Å². The van der Waals surface area contributed by atoms with Gasteiger partial charge in [-0.1, -0.05) is 51.2 Å². The number of hydrogen-bond donors (Lipinski definition) is 0. The molecule has 12 heteroatoms. The van der Waals surface area contributed by atoms with Crippen LogP contribution < -0.4 is 14.2 Å². The van der Waals surface area contributed by atoms with E-state index in [2.05, 4.69) is 16.4 Å². The van der Waals surface area contributed by atoms with Gasteiger partial charge in [-0.3, -0.25) is 0 Å². The quantitative estimate of drug-likeness (QED) is 0.0766. The van der Waals surface area contributed by atoms with E-state index in [4.69, 9.17) is 9.47 Å². The normalized spacial score (nSPS) is 12.4. The van der Waals surface area contributed by atoms with Gasteiger partial charge in [-0.25, -0.2) is 9.53 Å². The molecule has 0 aromatic heterocycles. The van der Waals surface area contributed by atoms with Crippen molar-refractivity contribution in [1.82, 2.24) is 0 Å². The summed E-state index contributed by atoms with van der Waals surface area (Å²) in [6.07, 6.45) is -10.4. The zero-order chi connectivity index (χ0) is 30.1. The number of fused-ring (bicyclic) bond motifs is 1. The number of rotatable bonds is 15. The fourth-order valence-corrected chi connectivity index (χ4v) is 3.72. The van der Waals surface area contributed by atoms with Gasteiger partial charge in [0.15, 0.2) is 6.61 Å². The first-order valence-corrected chi connectivity index (χ1v) is 12.9. The lowest BCUT2D eigenvalue weighted by molar-refractivity contribution is -0.458. The van der Waals surface area contributed by atoms with Crippen molar-refractivity contribution in [2.24, 2.45) is 0 Å². The van der Waals surface area contributed by atoms with Crippen molar-refractivity contribution < 1.29 is 54.5 Å². The average Bonchev–Trinajstić information content (AvgIpc) is 2.90. The summed E-state index contributed by atoms with van der Waals surface area (Å²) in [5.74, 6) is -0.0320. The fraction of sp³-hybridized carbons (Fsp3) is 0.414. The molecular weight excluding hydrogens is 561 g/mol. The van der Waals surface area contributed by atoms with Crippen LogP contribution in [0.4, 0.5) is 30.7 Å². The maximum atomic E-state index is 13.5. The number of ether oxygens (including phenoxy) is 4. The first kappa shape index (κ1) is 32.0. The number of carbonyl (C=O) groups is 1. The topological polar surface area (TPSA) is 54.0 Å². The molecule has 0 aliphatic heterocycles. The van der Waals surface area contributed by atoms with Crippen molar-refractivity contribution in [1.29, 1.82) is 0 Å². The van der Waals surface area contributed by atoms with Crippen LogP contribution in [0.1, 0.15) is 55.8 Å². The van der Waals surface area contributed by atoms with Gasteiger partial charge >= 0.3 is 24.4 Å². The van der Waals surface area contributed by atoms with Gasteiger partial charge in [-0.2, -0.15) is 30.7 Å². The van der Waals surface area contributed by atoms with Crippen LogP contribution in [0.5, 0.6) is 17.2 Å². The van der Waals surface area contributed by atoms with Crippen LogP contribution in [0.3, 0.4) is 0 Å². The second kappa shape index (κ2) is 13.9. The Morgan fingerprint density at radius 1 is 0.683 bits per heavy atom. The van der Waals surface area contributed by atoms with Crippen LogP contribution in [0.25, 0.3) is 10.8 Å². The third kappa shape index (κ3) is 9.80. The minimum absolute atomic E-state index is 0.189. The Kier molecular flexibility index (Phi) is 10.8. The highest BCUT2D eigenvalue weighted by atomic mass is 19.4. The van der Waals surface area contributed by atoms with Gasteiger partial charge in [0.2, 0.25) is 0 Å². The Hall–Kier alpha value is -3.54. The molecule has 0 saturated carbocycles. The number of unbranched alkanes of at least 4 members (excludes halogenated alkanes) is 5. The van der Waals surface area contributed by atoms with Gasteiger partial charge < -0.3 is 14.2 Å². The van der Waals surface area contributed by atoms with E-state index in [0.717, 1.165) is 12.8 Å². The Balaban J connectivity index is 1.52. The van der Waals surface area contributed by atoms with E-state index >= 15 is 0 Å². The van der Waals surface area contributed by atoms with Crippen molar-refractivity contribution in [2.75, 3.05) is 13.2 Å². The number of esters is 1. The molecule has 0 heterocycles. The summed E-state index contributed by atoms with van der Waals surface area (Å²) in [5, 5.41) is 0.937. The van der Waals surface area contributed by atoms with E-state index in [-0.39, 0.29) is 11.5 Å². The van der Waals surface area contributed by atoms with E-state index < -0.39 is 31.0 Å². The molecule has 0 fully saturated rings. The summed E-state index contributed by atoms with van der Waals surface area (Å²) in [6.45, 7) is 0.869. The van der Waals surface area contributed by atoms with E-state index in [1.165, 1.54) is 62.1 Å². The molecule has 0 unspecified atom stereocenters.